The van der Waals surface area contributed by atoms with Crippen LogP contribution in [0.15, 0.2) is 0 Å². The third kappa shape index (κ3) is 1.79. The van der Waals surface area contributed by atoms with Gasteiger partial charge in [-0.15, -0.1) is 0 Å². The molecule has 1 fully saturated rings. The second kappa shape index (κ2) is 3.73. The average molecular weight is 172 g/mol. The minimum Gasteiger partial charge on any atom is -0.380 e. The molecule has 0 aliphatic carbocycles. The third-order valence-corrected chi connectivity index (χ3v) is 2.70. The molecule has 0 aromatic carbocycles. The number of hydrogen-bond donors (Lipinski definition) is 2. The van der Waals surface area contributed by atoms with Crippen molar-refractivity contribution in [3.63, 3.8) is 0 Å². The molecule has 3 heteroatoms. The summed E-state index contributed by atoms with van der Waals surface area (Å²) in [6, 6.07) is 0.205. The second-order valence-electron chi connectivity index (χ2n) is 4.30. The molecule has 0 spiro atoms. The standard InChI is InChI=1S/C9H20N2O/c1-7(2)3-8(11)9(4-10)5-12-6-9/h7-8H,3-6,10-11H2,1-2H3. The van der Waals surface area contributed by atoms with Crippen LogP contribution in [0.25, 0.3) is 0 Å². The van der Waals surface area contributed by atoms with Crippen molar-refractivity contribution in [3.05, 3.63) is 0 Å². The molecule has 1 atom stereocenters. The molecule has 3 nitrogen and oxygen atoms in total. The molecule has 1 aliphatic heterocycles. The van der Waals surface area contributed by atoms with E-state index in [0.717, 1.165) is 19.6 Å². The molecule has 1 heterocycles. The Labute approximate surface area is 74.4 Å². The number of ether oxygens (including phenoxy) is 1. The van der Waals surface area contributed by atoms with Crippen molar-refractivity contribution >= 4 is 0 Å². The lowest BCUT2D eigenvalue weighted by Gasteiger charge is -2.45. The SMILES string of the molecule is CC(C)CC(N)C1(CN)COC1. The quantitative estimate of drug-likeness (QED) is 0.642. The highest BCUT2D eigenvalue weighted by Gasteiger charge is 2.42. The Hall–Kier alpha value is -0.120. The van der Waals surface area contributed by atoms with Crippen molar-refractivity contribution in [1.29, 1.82) is 0 Å². The zero-order valence-electron chi connectivity index (χ0n) is 8.05. The van der Waals surface area contributed by atoms with Gasteiger partial charge in [-0.05, 0) is 12.3 Å². The van der Waals surface area contributed by atoms with E-state index in [4.69, 9.17) is 16.2 Å². The molecule has 0 bridgehead atoms. The molecule has 1 unspecified atom stereocenters. The Morgan fingerprint density at radius 2 is 2.00 bits per heavy atom. The zero-order valence-corrected chi connectivity index (χ0v) is 8.05. The summed E-state index contributed by atoms with van der Waals surface area (Å²) in [6.07, 6.45) is 1.04. The summed E-state index contributed by atoms with van der Waals surface area (Å²) >= 11 is 0. The van der Waals surface area contributed by atoms with Crippen LogP contribution in [0.4, 0.5) is 0 Å². The summed E-state index contributed by atoms with van der Waals surface area (Å²) in [7, 11) is 0. The van der Waals surface area contributed by atoms with Crippen LogP contribution in [0.3, 0.4) is 0 Å². The minimum absolute atomic E-state index is 0.0876. The summed E-state index contributed by atoms with van der Waals surface area (Å²) in [4.78, 5) is 0. The lowest BCUT2D eigenvalue weighted by atomic mass is 9.75. The van der Waals surface area contributed by atoms with E-state index >= 15 is 0 Å². The monoisotopic (exact) mass is 172 g/mol. The van der Waals surface area contributed by atoms with Crippen LogP contribution >= 0.6 is 0 Å². The van der Waals surface area contributed by atoms with E-state index in [1.807, 2.05) is 0 Å². The van der Waals surface area contributed by atoms with Crippen molar-refractivity contribution in [3.8, 4) is 0 Å². The largest absolute Gasteiger partial charge is 0.380 e. The van der Waals surface area contributed by atoms with Gasteiger partial charge in [-0.1, -0.05) is 13.8 Å². The van der Waals surface area contributed by atoms with Gasteiger partial charge in [0.05, 0.1) is 13.2 Å². The highest BCUT2D eigenvalue weighted by atomic mass is 16.5. The van der Waals surface area contributed by atoms with Gasteiger partial charge in [-0.2, -0.15) is 0 Å². The molecule has 0 amide bonds. The van der Waals surface area contributed by atoms with Crippen LogP contribution in [0.1, 0.15) is 20.3 Å². The van der Waals surface area contributed by atoms with Gasteiger partial charge >= 0.3 is 0 Å². The fourth-order valence-corrected chi connectivity index (χ4v) is 1.61. The summed E-state index contributed by atoms with van der Waals surface area (Å²) < 4.78 is 5.17. The smallest absolute Gasteiger partial charge is 0.0572 e. The Morgan fingerprint density at radius 3 is 2.25 bits per heavy atom. The average Bonchev–Trinajstić information content (AvgIpc) is 1.83. The van der Waals surface area contributed by atoms with Gasteiger partial charge in [-0.25, -0.2) is 0 Å². The number of rotatable bonds is 4. The van der Waals surface area contributed by atoms with Gasteiger partial charge in [0, 0.05) is 18.0 Å². The fourth-order valence-electron chi connectivity index (χ4n) is 1.61. The number of hydrogen-bond acceptors (Lipinski definition) is 3. The van der Waals surface area contributed by atoms with Gasteiger partial charge in [0.15, 0.2) is 0 Å². The predicted molar refractivity (Wildman–Crippen MR) is 49.7 cm³/mol. The van der Waals surface area contributed by atoms with Gasteiger partial charge in [0.1, 0.15) is 0 Å². The van der Waals surface area contributed by atoms with E-state index in [1.165, 1.54) is 0 Å². The van der Waals surface area contributed by atoms with E-state index in [9.17, 15) is 0 Å². The summed E-state index contributed by atoms with van der Waals surface area (Å²) in [6.45, 7) is 6.52. The topological polar surface area (TPSA) is 61.3 Å². The molecule has 1 saturated heterocycles. The summed E-state index contributed by atoms with van der Waals surface area (Å²) in [5.74, 6) is 0.643. The molecule has 4 N–H and O–H groups in total. The van der Waals surface area contributed by atoms with E-state index in [0.29, 0.717) is 12.5 Å². The first-order valence-corrected chi connectivity index (χ1v) is 4.64. The molecule has 72 valence electrons. The highest BCUT2D eigenvalue weighted by molar-refractivity contribution is 4.95. The zero-order chi connectivity index (χ0) is 9.19. The highest BCUT2D eigenvalue weighted by Crippen LogP contribution is 2.31. The first kappa shape index (κ1) is 9.96. The Kier molecular flexibility index (Phi) is 3.09. The maximum atomic E-state index is 6.07. The summed E-state index contributed by atoms with van der Waals surface area (Å²) in [5.41, 5.74) is 11.8. The van der Waals surface area contributed by atoms with Gasteiger partial charge in [0.2, 0.25) is 0 Å². The van der Waals surface area contributed by atoms with E-state index in [2.05, 4.69) is 13.8 Å². The lowest BCUT2D eigenvalue weighted by molar-refractivity contribution is -0.122. The minimum atomic E-state index is 0.0876. The molecule has 1 aliphatic rings. The van der Waals surface area contributed by atoms with Gasteiger partial charge in [0.25, 0.3) is 0 Å². The van der Waals surface area contributed by atoms with Crippen molar-refractivity contribution in [2.45, 2.75) is 26.3 Å². The van der Waals surface area contributed by atoms with Crippen LogP contribution in [0.2, 0.25) is 0 Å². The van der Waals surface area contributed by atoms with Crippen LogP contribution < -0.4 is 11.5 Å². The number of nitrogens with two attached hydrogens (primary N) is 2. The van der Waals surface area contributed by atoms with Crippen molar-refractivity contribution in [2.24, 2.45) is 22.8 Å². The third-order valence-electron chi connectivity index (χ3n) is 2.70. The first-order valence-electron chi connectivity index (χ1n) is 4.64. The second-order valence-corrected chi connectivity index (χ2v) is 4.30. The molecular formula is C9H20N2O. The first-order chi connectivity index (χ1) is 5.60. The molecular weight excluding hydrogens is 152 g/mol. The van der Waals surface area contributed by atoms with Crippen molar-refractivity contribution in [2.75, 3.05) is 19.8 Å². The van der Waals surface area contributed by atoms with E-state index < -0.39 is 0 Å². The van der Waals surface area contributed by atoms with Crippen molar-refractivity contribution in [1.82, 2.24) is 0 Å². The molecule has 1 rings (SSSR count). The lowest BCUT2D eigenvalue weighted by Crippen LogP contribution is -2.59. The van der Waals surface area contributed by atoms with Crippen molar-refractivity contribution < 1.29 is 4.74 Å². The predicted octanol–water partition coefficient (Wildman–Crippen LogP) is 0.335. The maximum Gasteiger partial charge on any atom is 0.0572 e. The Balaban J connectivity index is 2.43. The Morgan fingerprint density at radius 1 is 1.42 bits per heavy atom. The molecule has 0 saturated carbocycles. The Bertz CT molecular complexity index is 138. The van der Waals surface area contributed by atoms with E-state index in [-0.39, 0.29) is 11.5 Å². The van der Waals surface area contributed by atoms with E-state index in [1.54, 1.807) is 0 Å². The molecule has 0 aromatic rings. The molecule has 0 aromatic heterocycles. The maximum absolute atomic E-state index is 6.07. The van der Waals surface area contributed by atoms with Crippen LogP contribution in [-0.4, -0.2) is 25.8 Å². The van der Waals surface area contributed by atoms with Gasteiger partial charge in [-0.3, -0.25) is 0 Å². The summed E-state index contributed by atoms with van der Waals surface area (Å²) in [5, 5.41) is 0. The normalized spacial score (nSPS) is 23.8. The molecule has 0 radical (unpaired) electrons. The van der Waals surface area contributed by atoms with Crippen LogP contribution in [-0.2, 0) is 4.74 Å². The van der Waals surface area contributed by atoms with Gasteiger partial charge < -0.3 is 16.2 Å². The fraction of sp³-hybridized carbons (Fsp3) is 1.00. The van der Waals surface area contributed by atoms with Crippen LogP contribution in [0.5, 0.6) is 0 Å². The molecule has 12 heavy (non-hydrogen) atoms. The van der Waals surface area contributed by atoms with Crippen LogP contribution in [0, 0.1) is 11.3 Å².